The summed E-state index contributed by atoms with van der Waals surface area (Å²) in [5, 5.41) is 10.3. The maximum Gasteiger partial charge on any atom is 0.265 e. The van der Waals surface area contributed by atoms with Gasteiger partial charge >= 0.3 is 0 Å². The van der Waals surface area contributed by atoms with Gasteiger partial charge in [-0.15, -0.1) is 0 Å². The summed E-state index contributed by atoms with van der Waals surface area (Å²) in [4.78, 5) is 6.66. The summed E-state index contributed by atoms with van der Waals surface area (Å²) in [5.41, 5.74) is 2.56. The highest BCUT2D eigenvalue weighted by molar-refractivity contribution is 7.86. The van der Waals surface area contributed by atoms with E-state index in [2.05, 4.69) is 77.4 Å². The molecule has 0 aliphatic heterocycles. The summed E-state index contributed by atoms with van der Waals surface area (Å²) < 4.78 is 40.4. The molecule has 2 aromatic carbocycles. The zero-order chi connectivity index (χ0) is 32.6. The van der Waals surface area contributed by atoms with E-state index in [9.17, 15) is 13.5 Å². The number of aliphatic hydroxyl groups excluding tert-OH is 1. The molecule has 2 atom stereocenters. The Labute approximate surface area is 256 Å². The smallest absolute Gasteiger partial charge is 0.265 e. The molecule has 0 radical (unpaired) electrons. The van der Waals surface area contributed by atoms with Crippen LogP contribution in [-0.2, 0) is 23.2 Å². The van der Waals surface area contributed by atoms with Crippen molar-refractivity contribution >= 4 is 38.1 Å². The lowest BCUT2D eigenvalue weighted by atomic mass is 10.1. The fraction of sp³-hybridized carbons (Fsp3) is 0.548. The number of hydrogen-bond acceptors (Lipinski definition) is 6. The summed E-state index contributed by atoms with van der Waals surface area (Å²) in [6.45, 7) is 35.8. The molecule has 0 fully saturated rings. The second-order valence-corrected chi connectivity index (χ2v) is 24.6. The first kappa shape index (κ1) is 37.7. The summed E-state index contributed by atoms with van der Waals surface area (Å²) in [7, 11) is -7.46. The Morgan fingerprint density at radius 2 is 1.10 bits per heavy atom. The summed E-state index contributed by atoms with van der Waals surface area (Å²) in [6, 6.07) is 13.7. The van der Waals surface area contributed by atoms with Crippen LogP contribution in [0.15, 0.2) is 48.5 Å². The van der Waals surface area contributed by atoms with Crippen molar-refractivity contribution in [3.8, 4) is 0 Å². The molecule has 0 bridgehead atoms. The van der Waals surface area contributed by atoms with Crippen molar-refractivity contribution in [1.29, 1.82) is 0 Å². The van der Waals surface area contributed by atoms with Crippen LogP contribution in [0.1, 0.15) is 64.9 Å². The Hall–Kier alpha value is -2.36. The van der Waals surface area contributed by atoms with Gasteiger partial charge in [0.2, 0.25) is 0 Å². The molecule has 42 heavy (non-hydrogen) atoms. The standard InChI is InChI=1S/C16H25NO4SSi.C15H23NO2Si/c1-16(2,3)23(6,7)20-12-15(21-22(5,18)19)13-8-10-14(17-4)11-9-13;1-15(2,3)19(5,6)18-11-14(17)12-7-9-13(16-4)10-8-12/h8-11,15H,12H2,1-3,5-7H3;7-10,14,17H,11H2,1-3,5-6H3/t15-;14-/m11/s1. The average Bonchev–Trinajstić information content (AvgIpc) is 2.88. The lowest BCUT2D eigenvalue weighted by Gasteiger charge is -2.37. The van der Waals surface area contributed by atoms with E-state index >= 15 is 0 Å². The highest BCUT2D eigenvalue weighted by Gasteiger charge is 2.38. The van der Waals surface area contributed by atoms with Crippen molar-refractivity contribution in [1.82, 2.24) is 0 Å². The molecule has 0 unspecified atom stereocenters. The van der Waals surface area contributed by atoms with Crippen LogP contribution in [0.4, 0.5) is 11.4 Å². The van der Waals surface area contributed by atoms with Gasteiger partial charge in [0, 0.05) is 0 Å². The molecule has 1 N–H and O–H groups in total. The molecule has 0 amide bonds. The van der Waals surface area contributed by atoms with Crippen LogP contribution < -0.4 is 0 Å². The predicted octanol–water partition coefficient (Wildman–Crippen LogP) is 8.57. The second-order valence-electron chi connectivity index (χ2n) is 13.4. The summed E-state index contributed by atoms with van der Waals surface area (Å²) >= 11 is 0. The van der Waals surface area contributed by atoms with E-state index in [0.717, 1.165) is 11.8 Å². The van der Waals surface area contributed by atoms with Gasteiger partial charge < -0.3 is 14.0 Å². The molecule has 0 heterocycles. The Morgan fingerprint density at radius 1 is 0.738 bits per heavy atom. The first-order chi connectivity index (χ1) is 19.0. The molecule has 0 spiro atoms. The number of benzene rings is 2. The molecule has 2 aromatic rings. The molecule has 0 saturated heterocycles. The van der Waals surface area contributed by atoms with Crippen molar-refractivity contribution in [3.63, 3.8) is 0 Å². The van der Waals surface area contributed by atoms with Crippen molar-refractivity contribution in [2.24, 2.45) is 0 Å². The van der Waals surface area contributed by atoms with E-state index in [4.69, 9.17) is 26.2 Å². The number of aliphatic hydroxyl groups is 1. The third-order valence-corrected chi connectivity index (χ3v) is 17.5. The summed E-state index contributed by atoms with van der Waals surface area (Å²) in [5.74, 6) is 0. The molecule has 0 aliphatic rings. The minimum Gasteiger partial charge on any atom is -0.414 e. The van der Waals surface area contributed by atoms with E-state index in [1.165, 1.54) is 0 Å². The molecule has 232 valence electrons. The molecular weight excluding hydrogens is 585 g/mol. The van der Waals surface area contributed by atoms with E-state index in [1.807, 2.05) is 0 Å². The quantitative estimate of drug-likeness (QED) is 0.160. The van der Waals surface area contributed by atoms with E-state index in [-0.39, 0.29) is 16.7 Å². The van der Waals surface area contributed by atoms with Crippen LogP contribution in [0.3, 0.4) is 0 Å². The van der Waals surface area contributed by atoms with Gasteiger partial charge in [-0.2, -0.15) is 8.42 Å². The van der Waals surface area contributed by atoms with Gasteiger partial charge in [-0.05, 0) is 47.4 Å². The van der Waals surface area contributed by atoms with Crippen molar-refractivity contribution in [2.45, 2.75) is 90.0 Å². The van der Waals surface area contributed by atoms with Gasteiger partial charge in [-0.3, -0.25) is 4.18 Å². The van der Waals surface area contributed by atoms with E-state index in [0.29, 0.717) is 23.5 Å². The molecule has 0 saturated carbocycles. The topological polar surface area (TPSA) is 90.8 Å². The fourth-order valence-electron chi connectivity index (χ4n) is 3.03. The van der Waals surface area contributed by atoms with Gasteiger partial charge in [-0.1, -0.05) is 90.1 Å². The lowest BCUT2D eigenvalue weighted by molar-refractivity contribution is 0.100. The van der Waals surface area contributed by atoms with Crippen molar-refractivity contribution in [3.05, 3.63) is 82.5 Å². The third-order valence-electron chi connectivity index (χ3n) is 7.90. The van der Waals surface area contributed by atoms with Crippen LogP contribution >= 0.6 is 0 Å². The Balaban J connectivity index is 0.000000428. The number of rotatable bonds is 10. The molecule has 11 heteroatoms. The minimum atomic E-state index is -3.62. The van der Waals surface area contributed by atoms with Gasteiger partial charge in [0.05, 0.1) is 32.6 Å². The van der Waals surface area contributed by atoms with Gasteiger partial charge in [0.1, 0.15) is 12.2 Å². The van der Waals surface area contributed by atoms with Gasteiger partial charge in [0.25, 0.3) is 10.1 Å². The SMILES string of the molecule is [C-]#[N+]c1ccc([C@@H](CO[Si](C)(C)C(C)(C)C)OS(C)(=O)=O)cc1.[C-]#[N+]c1ccc([C@H](O)CO[Si](C)(C)C(C)(C)C)cc1. The Bertz CT molecular complexity index is 1330. The summed E-state index contributed by atoms with van der Waals surface area (Å²) in [6.07, 6.45) is -0.312. The van der Waals surface area contributed by atoms with Gasteiger partial charge in [-0.25, -0.2) is 9.69 Å². The zero-order valence-corrected chi connectivity index (χ0v) is 29.8. The largest absolute Gasteiger partial charge is 0.414 e. The first-order valence-electron chi connectivity index (χ1n) is 13.8. The predicted molar refractivity (Wildman–Crippen MR) is 175 cm³/mol. The third kappa shape index (κ3) is 12.1. The van der Waals surface area contributed by atoms with E-state index in [1.54, 1.807) is 48.5 Å². The maximum atomic E-state index is 11.5. The second kappa shape index (κ2) is 14.9. The van der Waals surface area contributed by atoms with Crippen LogP contribution in [0.5, 0.6) is 0 Å². The lowest BCUT2D eigenvalue weighted by Crippen LogP contribution is -2.42. The number of hydrogen-bond donors (Lipinski definition) is 1. The van der Waals surface area contributed by atoms with Crippen LogP contribution in [0.2, 0.25) is 36.3 Å². The van der Waals surface area contributed by atoms with E-state index < -0.39 is 39.0 Å². The zero-order valence-electron chi connectivity index (χ0n) is 27.0. The number of nitrogens with zero attached hydrogens (tertiary/aromatic N) is 2. The maximum absolute atomic E-state index is 11.5. The first-order valence-corrected chi connectivity index (χ1v) is 21.5. The van der Waals surface area contributed by atoms with Crippen LogP contribution in [-0.4, -0.2) is 49.6 Å². The van der Waals surface area contributed by atoms with Crippen molar-refractivity contribution < 1.29 is 26.6 Å². The Kier molecular flexibility index (Phi) is 13.4. The normalized spacial score (nSPS) is 14.1. The van der Waals surface area contributed by atoms with Crippen LogP contribution in [0.25, 0.3) is 9.69 Å². The molecule has 0 aromatic heterocycles. The molecule has 8 nitrogen and oxygen atoms in total. The highest BCUT2D eigenvalue weighted by Crippen LogP contribution is 2.38. The Morgan fingerprint density at radius 3 is 1.43 bits per heavy atom. The van der Waals surface area contributed by atoms with Gasteiger partial charge in [0.15, 0.2) is 28.0 Å². The minimum absolute atomic E-state index is 0.0244. The average molecular weight is 633 g/mol. The highest BCUT2D eigenvalue weighted by atomic mass is 32.2. The fourth-order valence-corrected chi connectivity index (χ4v) is 5.62. The van der Waals surface area contributed by atoms with Crippen LogP contribution in [0, 0.1) is 13.1 Å². The monoisotopic (exact) mass is 632 g/mol. The molecular formula is C31H48N2O6SSi2. The molecule has 0 aliphatic carbocycles. The molecule has 2 rings (SSSR count). The van der Waals surface area contributed by atoms with Crippen molar-refractivity contribution in [2.75, 3.05) is 19.5 Å².